The second kappa shape index (κ2) is 8.70. The molecule has 3 rings (SSSR count). The van der Waals surface area contributed by atoms with E-state index in [9.17, 15) is 4.79 Å². The molecule has 0 spiro atoms. The number of ether oxygens (including phenoxy) is 1. The second-order valence-corrected chi connectivity index (χ2v) is 6.68. The molecular weight excluding hydrogens is 342 g/mol. The van der Waals surface area contributed by atoms with E-state index in [0.717, 1.165) is 62.4 Å². The lowest BCUT2D eigenvalue weighted by Gasteiger charge is -2.35. The maximum absolute atomic E-state index is 11.5. The Bertz CT molecular complexity index is 770. The monoisotopic (exact) mass is 369 g/mol. The molecule has 1 aromatic heterocycles. The molecule has 0 radical (unpaired) electrons. The molecule has 0 atom stereocenters. The number of rotatable bonds is 6. The van der Waals surface area contributed by atoms with Gasteiger partial charge in [0.25, 0.3) is 0 Å². The van der Waals surface area contributed by atoms with E-state index in [1.165, 1.54) is 5.56 Å². The molecule has 1 aliphatic heterocycles. The minimum absolute atomic E-state index is 0.134. The number of carbonyl (C=O) groups excluding carboxylic acids is 1. The van der Waals surface area contributed by atoms with Crippen molar-refractivity contribution < 1.29 is 9.53 Å². The number of carbonyl (C=O) groups is 1. The number of methoxy groups -OCH3 is 1. The molecule has 7 nitrogen and oxygen atoms in total. The van der Waals surface area contributed by atoms with Crippen LogP contribution in [0.4, 0.5) is 11.6 Å². The van der Waals surface area contributed by atoms with Crippen molar-refractivity contribution >= 4 is 17.5 Å². The number of aryl methyl sites for hydroxylation is 1. The third-order valence-electron chi connectivity index (χ3n) is 4.75. The summed E-state index contributed by atoms with van der Waals surface area (Å²) in [5, 5.41) is 3.40. The quantitative estimate of drug-likeness (QED) is 0.841. The van der Waals surface area contributed by atoms with Crippen LogP contribution in [-0.4, -0.2) is 60.6 Å². The number of anilines is 2. The molecule has 1 amide bonds. The van der Waals surface area contributed by atoms with Crippen LogP contribution in [0, 0.1) is 6.92 Å². The first-order valence-corrected chi connectivity index (χ1v) is 9.28. The van der Waals surface area contributed by atoms with Gasteiger partial charge in [0.2, 0.25) is 5.91 Å². The van der Waals surface area contributed by atoms with Crippen LogP contribution in [0.5, 0.6) is 5.75 Å². The molecule has 144 valence electrons. The van der Waals surface area contributed by atoms with E-state index < -0.39 is 0 Å². The summed E-state index contributed by atoms with van der Waals surface area (Å²) < 4.78 is 5.19. The Morgan fingerprint density at radius 1 is 1.15 bits per heavy atom. The summed E-state index contributed by atoms with van der Waals surface area (Å²) in [4.78, 5) is 24.6. The number of hydrogen-bond donors (Lipinski definition) is 1. The lowest BCUT2D eigenvalue weighted by molar-refractivity contribution is -0.129. The average molecular weight is 369 g/mol. The van der Waals surface area contributed by atoms with Crippen LogP contribution in [0.2, 0.25) is 0 Å². The van der Waals surface area contributed by atoms with E-state index in [1.807, 2.05) is 30.0 Å². The van der Waals surface area contributed by atoms with E-state index in [2.05, 4.69) is 32.3 Å². The predicted molar refractivity (Wildman–Crippen MR) is 106 cm³/mol. The number of nitrogens with zero attached hydrogens (tertiary/aromatic N) is 4. The Kier molecular flexibility index (Phi) is 6.11. The van der Waals surface area contributed by atoms with Gasteiger partial charge in [0.05, 0.1) is 7.11 Å². The Balaban J connectivity index is 1.57. The minimum atomic E-state index is 0.134. The molecule has 0 unspecified atom stereocenters. The van der Waals surface area contributed by atoms with Gasteiger partial charge >= 0.3 is 0 Å². The van der Waals surface area contributed by atoms with Crippen molar-refractivity contribution in [2.45, 2.75) is 20.3 Å². The van der Waals surface area contributed by atoms with Crippen molar-refractivity contribution in [3.05, 3.63) is 41.7 Å². The fourth-order valence-corrected chi connectivity index (χ4v) is 3.18. The van der Waals surface area contributed by atoms with E-state index in [0.29, 0.717) is 0 Å². The van der Waals surface area contributed by atoms with Gasteiger partial charge in [-0.25, -0.2) is 9.97 Å². The van der Waals surface area contributed by atoms with Crippen LogP contribution in [-0.2, 0) is 11.2 Å². The summed E-state index contributed by atoms with van der Waals surface area (Å²) in [6.45, 7) is 7.37. The zero-order valence-electron chi connectivity index (χ0n) is 16.2. The maximum Gasteiger partial charge on any atom is 0.219 e. The summed E-state index contributed by atoms with van der Waals surface area (Å²) in [5.41, 5.74) is 1.25. The van der Waals surface area contributed by atoms with Gasteiger partial charge in [-0.2, -0.15) is 0 Å². The number of piperazine rings is 1. The van der Waals surface area contributed by atoms with Crippen molar-refractivity contribution in [3.8, 4) is 5.75 Å². The second-order valence-electron chi connectivity index (χ2n) is 6.68. The third-order valence-corrected chi connectivity index (χ3v) is 4.75. The zero-order valence-corrected chi connectivity index (χ0v) is 16.2. The van der Waals surface area contributed by atoms with Gasteiger partial charge < -0.3 is 19.9 Å². The first-order valence-electron chi connectivity index (χ1n) is 9.28. The van der Waals surface area contributed by atoms with Gasteiger partial charge in [-0.15, -0.1) is 0 Å². The van der Waals surface area contributed by atoms with Crippen molar-refractivity contribution in [3.63, 3.8) is 0 Å². The highest BCUT2D eigenvalue weighted by molar-refractivity contribution is 5.73. The van der Waals surface area contributed by atoms with Crippen LogP contribution >= 0.6 is 0 Å². The molecule has 1 aromatic carbocycles. The van der Waals surface area contributed by atoms with E-state index in [4.69, 9.17) is 4.74 Å². The summed E-state index contributed by atoms with van der Waals surface area (Å²) in [6.07, 6.45) is 0.902. The standard InChI is InChI=1S/C20H27N5O2/c1-15-22-19(21-9-8-17-4-6-18(27-3)7-5-17)14-20(23-15)25-12-10-24(11-13-25)16(2)26/h4-7,14H,8-13H2,1-3H3,(H,21,22,23). The maximum atomic E-state index is 11.5. The molecule has 1 aliphatic rings. The van der Waals surface area contributed by atoms with Gasteiger partial charge in [-0.3, -0.25) is 4.79 Å². The molecule has 1 fully saturated rings. The third kappa shape index (κ3) is 5.09. The van der Waals surface area contributed by atoms with E-state index in [-0.39, 0.29) is 5.91 Å². The lowest BCUT2D eigenvalue weighted by Crippen LogP contribution is -2.48. The van der Waals surface area contributed by atoms with E-state index >= 15 is 0 Å². The van der Waals surface area contributed by atoms with Crippen LogP contribution < -0.4 is 15.0 Å². The number of benzene rings is 1. The smallest absolute Gasteiger partial charge is 0.219 e. The van der Waals surface area contributed by atoms with Gasteiger partial charge in [0, 0.05) is 45.7 Å². The summed E-state index contributed by atoms with van der Waals surface area (Å²) >= 11 is 0. The Hall–Kier alpha value is -2.83. The fourth-order valence-electron chi connectivity index (χ4n) is 3.18. The Labute approximate surface area is 160 Å². The van der Waals surface area contributed by atoms with Crippen molar-refractivity contribution in [2.75, 3.05) is 50.1 Å². The molecule has 0 bridgehead atoms. The number of amides is 1. The zero-order chi connectivity index (χ0) is 19.2. The highest BCUT2D eigenvalue weighted by Crippen LogP contribution is 2.18. The van der Waals surface area contributed by atoms with Crippen LogP contribution in [0.25, 0.3) is 0 Å². The van der Waals surface area contributed by atoms with Gasteiger partial charge in [0.1, 0.15) is 23.2 Å². The summed E-state index contributed by atoms with van der Waals surface area (Å²) in [6, 6.07) is 10.1. The van der Waals surface area contributed by atoms with E-state index in [1.54, 1.807) is 14.0 Å². The fraction of sp³-hybridized carbons (Fsp3) is 0.450. The molecule has 2 aromatic rings. The highest BCUT2D eigenvalue weighted by Gasteiger charge is 2.20. The van der Waals surface area contributed by atoms with Crippen molar-refractivity contribution in [2.24, 2.45) is 0 Å². The molecule has 0 aliphatic carbocycles. The van der Waals surface area contributed by atoms with Gasteiger partial charge in [-0.05, 0) is 31.0 Å². The number of hydrogen-bond acceptors (Lipinski definition) is 6. The summed E-state index contributed by atoms with van der Waals surface area (Å²) in [7, 11) is 1.67. The molecule has 0 saturated carbocycles. The first kappa shape index (κ1) is 18.9. The lowest BCUT2D eigenvalue weighted by atomic mass is 10.1. The first-order chi connectivity index (χ1) is 13.0. The largest absolute Gasteiger partial charge is 0.497 e. The minimum Gasteiger partial charge on any atom is -0.497 e. The number of aromatic nitrogens is 2. The normalized spacial score (nSPS) is 14.2. The molecule has 1 N–H and O–H groups in total. The molecular formula is C20H27N5O2. The molecule has 1 saturated heterocycles. The van der Waals surface area contributed by atoms with Gasteiger partial charge in [-0.1, -0.05) is 12.1 Å². The summed E-state index contributed by atoms with van der Waals surface area (Å²) in [5.74, 6) is 3.49. The SMILES string of the molecule is COc1ccc(CCNc2cc(N3CCN(C(C)=O)CC3)nc(C)n2)cc1. The van der Waals surface area contributed by atoms with Gasteiger partial charge in [0.15, 0.2) is 0 Å². The van der Waals surface area contributed by atoms with Crippen LogP contribution in [0.3, 0.4) is 0 Å². The Morgan fingerprint density at radius 3 is 2.48 bits per heavy atom. The van der Waals surface area contributed by atoms with Crippen LogP contribution in [0.1, 0.15) is 18.3 Å². The topological polar surface area (TPSA) is 70.6 Å². The Morgan fingerprint density at radius 2 is 1.85 bits per heavy atom. The van der Waals surface area contributed by atoms with Crippen LogP contribution in [0.15, 0.2) is 30.3 Å². The molecule has 27 heavy (non-hydrogen) atoms. The number of nitrogens with one attached hydrogen (secondary N) is 1. The highest BCUT2D eigenvalue weighted by atomic mass is 16.5. The predicted octanol–water partition coefficient (Wildman–Crippen LogP) is 2.12. The average Bonchev–Trinajstić information content (AvgIpc) is 2.68. The molecule has 7 heteroatoms. The molecule has 2 heterocycles. The van der Waals surface area contributed by atoms with Crippen molar-refractivity contribution in [1.29, 1.82) is 0 Å². The van der Waals surface area contributed by atoms with Crippen molar-refractivity contribution in [1.82, 2.24) is 14.9 Å².